The predicted molar refractivity (Wildman–Crippen MR) is 79.7 cm³/mol. The van der Waals surface area contributed by atoms with Gasteiger partial charge < -0.3 is 16.2 Å². The van der Waals surface area contributed by atoms with E-state index in [9.17, 15) is 0 Å². The first kappa shape index (κ1) is 13.4. The van der Waals surface area contributed by atoms with Crippen molar-refractivity contribution in [1.29, 1.82) is 0 Å². The van der Waals surface area contributed by atoms with Crippen LogP contribution in [-0.4, -0.2) is 0 Å². The van der Waals surface area contributed by atoms with Crippen LogP contribution in [0.15, 0.2) is 36.4 Å². The maximum absolute atomic E-state index is 5.79. The second-order valence-corrected chi connectivity index (χ2v) is 4.87. The van der Waals surface area contributed by atoms with Crippen molar-refractivity contribution in [2.75, 3.05) is 11.5 Å². The molecule has 0 radical (unpaired) electrons. The van der Waals surface area contributed by atoms with Crippen LogP contribution in [-0.2, 0) is 18.0 Å². The van der Waals surface area contributed by atoms with Crippen LogP contribution in [0, 0.1) is 13.8 Å². The van der Waals surface area contributed by atoms with E-state index in [1.54, 1.807) is 0 Å². The molecule has 0 aliphatic heterocycles. The van der Waals surface area contributed by atoms with E-state index < -0.39 is 0 Å². The van der Waals surface area contributed by atoms with E-state index in [4.69, 9.17) is 16.2 Å². The molecule has 0 heterocycles. The van der Waals surface area contributed by atoms with E-state index in [0.29, 0.717) is 13.2 Å². The van der Waals surface area contributed by atoms with Crippen LogP contribution in [0.25, 0.3) is 0 Å². The van der Waals surface area contributed by atoms with Gasteiger partial charge in [0.05, 0.1) is 13.2 Å². The van der Waals surface area contributed by atoms with Crippen LogP contribution in [0.2, 0.25) is 0 Å². The van der Waals surface area contributed by atoms with Crippen molar-refractivity contribution >= 4 is 11.4 Å². The molecular weight excluding hydrogens is 236 g/mol. The SMILES string of the molecule is Cc1cc(COCc2ccc(N)c(C)c2)ccc1N. The second-order valence-electron chi connectivity index (χ2n) is 4.87. The summed E-state index contributed by atoms with van der Waals surface area (Å²) in [5.74, 6) is 0. The van der Waals surface area contributed by atoms with E-state index in [2.05, 4.69) is 12.1 Å². The van der Waals surface area contributed by atoms with Gasteiger partial charge in [-0.25, -0.2) is 0 Å². The topological polar surface area (TPSA) is 61.3 Å². The molecule has 19 heavy (non-hydrogen) atoms. The fourth-order valence-corrected chi connectivity index (χ4v) is 1.94. The van der Waals surface area contributed by atoms with Gasteiger partial charge in [-0.15, -0.1) is 0 Å². The summed E-state index contributed by atoms with van der Waals surface area (Å²) in [7, 11) is 0. The third-order valence-corrected chi connectivity index (χ3v) is 3.21. The molecule has 0 saturated carbocycles. The van der Waals surface area contributed by atoms with Gasteiger partial charge in [-0.1, -0.05) is 24.3 Å². The Balaban J connectivity index is 1.92. The number of benzene rings is 2. The molecule has 2 aromatic carbocycles. The zero-order valence-corrected chi connectivity index (χ0v) is 11.4. The summed E-state index contributed by atoms with van der Waals surface area (Å²) in [5.41, 5.74) is 17.7. The molecule has 0 atom stereocenters. The maximum atomic E-state index is 5.79. The summed E-state index contributed by atoms with van der Waals surface area (Å²) in [6, 6.07) is 11.9. The number of hydrogen-bond acceptors (Lipinski definition) is 3. The van der Waals surface area contributed by atoms with Crippen LogP contribution < -0.4 is 11.5 Å². The van der Waals surface area contributed by atoms with Crippen molar-refractivity contribution in [2.24, 2.45) is 0 Å². The van der Waals surface area contributed by atoms with Crippen LogP contribution in [0.5, 0.6) is 0 Å². The molecule has 0 unspecified atom stereocenters. The van der Waals surface area contributed by atoms with Gasteiger partial charge in [-0.2, -0.15) is 0 Å². The Morgan fingerprint density at radius 2 is 1.21 bits per heavy atom. The first-order valence-electron chi connectivity index (χ1n) is 6.34. The molecule has 0 aliphatic carbocycles. The fourth-order valence-electron chi connectivity index (χ4n) is 1.94. The zero-order valence-electron chi connectivity index (χ0n) is 11.4. The lowest BCUT2D eigenvalue weighted by Gasteiger charge is -2.08. The van der Waals surface area contributed by atoms with Crippen molar-refractivity contribution in [3.8, 4) is 0 Å². The normalized spacial score (nSPS) is 10.6. The van der Waals surface area contributed by atoms with E-state index in [0.717, 1.165) is 33.6 Å². The highest BCUT2D eigenvalue weighted by Crippen LogP contribution is 2.16. The van der Waals surface area contributed by atoms with Gasteiger partial charge in [0.15, 0.2) is 0 Å². The third-order valence-electron chi connectivity index (χ3n) is 3.21. The van der Waals surface area contributed by atoms with Gasteiger partial charge in [-0.3, -0.25) is 0 Å². The Hall–Kier alpha value is -2.00. The Bertz CT molecular complexity index is 527. The second kappa shape index (κ2) is 5.76. The van der Waals surface area contributed by atoms with Crippen molar-refractivity contribution in [1.82, 2.24) is 0 Å². The third kappa shape index (κ3) is 3.48. The van der Waals surface area contributed by atoms with Crippen molar-refractivity contribution < 1.29 is 4.74 Å². The molecule has 0 aromatic heterocycles. The lowest BCUT2D eigenvalue weighted by atomic mass is 10.1. The molecule has 0 saturated heterocycles. The van der Waals surface area contributed by atoms with Gasteiger partial charge in [0.2, 0.25) is 0 Å². The molecule has 2 rings (SSSR count). The number of ether oxygens (including phenoxy) is 1. The summed E-state index contributed by atoms with van der Waals surface area (Å²) >= 11 is 0. The van der Waals surface area contributed by atoms with Crippen molar-refractivity contribution in [2.45, 2.75) is 27.1 Å². The molecule has 0 bridgehead atoms. The minimum Gasteiger partial charge on any atom is -0.399 e. The number of anilines is 2. The highest BCUT2D eigenvalue weighted by atomic mass is 16.5. The van der Waals surface area contributed by atoms with Crippen LogP contribution in [0.3, 0.4) is 0 Å². The number of nitrogen functional groups attached to an aromatic ring is 2. The van der Waals surface area contributed by atoms with Crippen molar-refractivity contribution in [3.05, 3.63) is 58.7 Å². The highest BCUT2D eigenvalue weighted by molar-refractivity contribution is 5.48. The van der Waals surface area contributed by atoms with E-state index in [1.807, 2.05) is 38.1 Å². The Kier molecular flexibility index (Phi) is 4.07. The van der Waals surface area contributed by atoms with Crippen LogP contribution >= 0.6 is 0 Å². The predicted octanol–water partition coefficient (Wildman–Crippen LogP) is 3.18. The average Bonchev–Trinajstić information content (AvgIpc) is 2.38. The van der Waals surface area contributed by atoms with Gasteiger partial charge in [0, 0.05) is 11.4 Å². The van der Waals surface area contributed by atoms with E-state index in [-0.39, 0.29) is 0 Å². The van der Waals surface area contributed by atoms with Crippen molar-refractivity contribution in [3.63, 3.8) is 0 Å². The number of nitrogens with two attached hydrogens (primary N) is 2. The molecular formula is C16H20N2O. The van der Waals surface area contributed by atoms with E-state index in [1.165, 1.54) is 0 Å². The molecule has 0 aliphatic rings. The Morgan fingerprint density at radius 3 is 1.58 bits per heavy atom. The number of aryl methyl sites for hydroxylation is 2. The summed E-state index contributed by atoms with van der Waals surface area (Å²) in [6.07, 6.45) is 0. The molecule has 0 amide bonds. The lowest BCUT2D eigenvalue weighted by Crippen LogP contribution is -1.97. The summed E-state index contributed by atoms with van der Waals surface area (Å²) in [6.45, 7) is 5.18. The quantitative estimate of drug-likeness (QED) is 0.826. The summed E-state index contributed by atoms with van der Waals surface area (Å²) in [4.78, 5) is 0. The van der Waals surface area contributed by atoms with Gasteiger partial charge in [-0.05, 0) is 48.2 Å². The zero-order chi connectivity index (χ0) is 13.8. The van der Waals surface area contributed by atoms with Gasteiger partial charge >= 0.3 is 0 Å². The fraction of sp³-hybridized carbons (Fsp3) is 0.250. The highest BCUT2D eigenvalue weighted by Gasteiger charge is 2.00. The van der Waals surface area contributed by atoms with Crippen LogP contribution in [0.4, 0.5) is 11.4 Å². The summed E-state index contributed by atoms with van der Waals surface area (Å²) in [5, 5.41) is 0. The monoisotopic (exact) mass is 256 g/mol. The summed E-state index contributed by atoms with van der Waals surface area (Å²) < 4.78 is 5.71. The molecule has 3 nitrogen and oxygen atoms in total. The molecule has 100 valence electrons. The van der Waals surface area contributed by atoms with Gasteiger partial charge in [0.1, 0.15) is 0 Å². The average molecular weight is 256 g/mol. The first-order valence-corrected chi connectivity index (χ1v) is 6.34. The number of hydrogen-bond donors (Lipinski definition) is 2. The molecule has 3 heteroatoms. The lowest BCUT2D eigenvalue weighted by molar-refractivity contribution is 0.107. The first-order chi connectivity index (χ1) is 9.06. The van der Waals surface area contributed by atoms with E-state index >= 15 is 0 Å². The smallest absolute Gasteiger partial charge is 0.0721 e. The molecule has 0 spiro atoms. The van der Waals surface area contributed by atoms with Gasteiger partial charge in [0.25, 0.3) is 0 Å². The molecule has 0 fully saturated rings. The minimum atomic E-state index is 0.588. The maximum Gasteiger partial charge on any atom is 0.0721 e. The molecule has 4 N–H and O–H groups in total. The Labute approximate surface area is 114 Å². The van der Waals surface area contributed by atoms with Crippen LogP contribution in [0.1, 0.15) is 22.3 Å². The Morgan fingerprint density at radius 1 is 0.789 bits per heavy atom. The minimum absolute atomic E-state index is 0.588. The number of rotatable bonds is 4. The largest absolute Gasteiger partial charge is 0.399 e. The molecule has 2 aromatic rings. The standard InChI is InChI=1S/C16H20N2O/c1-11-7-13(3-5-15(11)17)9-19-10-14-4-6-16(18)12(2)8-14/h3-8H,9-10,17-18H2,1-2H3.